The molecule has 1 atom stereocenters. The number of nitrogens with zero attached hydrogens (tertiary/aromatic N) is 3. The zero-order chi connectivity index (χ0) is 19.8. The van der Waals surface area contributed by atoms with Crippen LogP contribution in [-0.4, -0.2) is 50.4 Å². The summed E-state index contributed by atoms with van der Waals surface area (Å²) >= 11 is 0. The maximum atomic E-state index is 12.5. The first kappa shape index (κ1) is 18.0. The van der Waals surface area contributed by atoms with Crippen molar-refractivity contribution in [2.24, 2.45) is 5.73 Å². The van der Waals surface area contributed by atoms with E-state index < -0.39 is 11.6 Å². The SMILES string of the molecule is COc1ccc(-c2nc(C(N)=O)c3[nH]c(=O)n(CC4CCCO4)c3n2)cc1O. The second kappa shape index (κ2) is 6.97. The molecule has 0 bridgehead atoms. The number of fused-ring (bicyclic) bond motifs is 1. The van der Waals surface area contributed by atoms with Crippen LogP contribution in [0.4, 0.5) is 0 Å². The third kappa shape index (κ3) is 3.07. The molecule has 0 spiro atoms. The Morgan fingerprint density at radius 1 is 1.46 bits per heavy atom. The average molecular weight is 385 g/mol. The zero-order valence-corrected chi connectivity index (χ0v) is 15.1. The van der Waals surface area contributed by atoms with Crippen molar-refractivity contribution in [3.05, 3.63) is 34.4 Å². The number of aromatic nitrogens is 4. The summed E-state index contributed by atoms with van der Waals surface area (Å²) in [4.78, 5) is 35.7. The first-order chi connectivity index (χ1) is 13.5. The Kier molecular flexibility index (Phi) is 4.47. The van der Waals surface area contributed by atoms with Gasteiger partial charge in [-0.2, -0.15) is 0 Å². The van der Waals surface area contributed by atoms with Crippen LogP contribution in [0.3, 0.4) is 0 Å². The number of nitrogens with one attached hydrogen (secondary N) is 1. The number of hydrogen-bond donors (Lipinski definition) is 3. The molecular weight excluding hydrogens is 366 g/mol. The highest BCUT2D eigenvalue weighted by Gasteiger charge is 2.23. The van der Waals surface area contributed by atoms with Gasteiger partial charge in [-0.3, -0.25) is 9.36 Å². The normalized spacial score (nSPS) is 16.5. The van der Waals surface area contributed by atoms with Gasteiger partial charge in [0, 0.05) is 12.2 Å². The number of ether oxygens (including phenoxy) is 2. The number of aromatic hydroxyl groups is 1. The molecule has 10 nitrogen and oxygen atoms in total. The maximum absolute atomic E-state index is 12.5. The van der Waals surface area contributed by atoms with Gasteiger partial charge in [0.25, 0.3) is 5.91 Å². The molecule has 3 aromatic rings. The number of primary amides is 1. The molecule has 3 heterocycles. The summed E-state index contributed by atoms with van der Waals surface area (Å²) in [5.41, 5.74) is 5.83. The fourth-order valence-electron chi connectivity index (χ4n) is 3.33. The molecule has 0 aliphatic carbocycles. The number of methoxy groups -OCH3 is 1. The molecule has 10 heteroatoms. The summed E-state index contributed by atoms with van der Waals surface area (Å²) in [6.07, 6.45) is 1.67. The Morgan fingerprint density at radius 2 is 2.29 bits per heavy atom. The zero-order valence-electron chi connectivity index (χ0n) is 15.1. The fourth-order valence-corrected chi connectivity index (χ4v) is 3.33. The van der Waals surface area contributed by atoms with Crippen LogP contribution < -0.4 is 16.2 Å². The topological polar surface area (TPSA) is 145 Å². The van der Waals surface area contributed by atoms with Crippen LogP contribution in [0.1, 0.15) is 23.3 Å². The van der Waals surface area contributed by atoms with Crippen LogP contribution in [-0.2, 0) is 11.3 Å². The van der Waals surface area contributed by atoms with Crippen LogP contribution in [0.15, 0.2) is 23.0 Å². The second-order valence-electron chi connectivity index (χ2n) is 6.52. The molecule has 1 unspecified atom stereocenters. The fraction of sp³-hybridized carbons (Fsp3) is 0.333. The minimum absolute atomic E-state index is 0.0986. The first-order valence-corrected chi connectivity index (χ1v) is 8.77. The van der Waals surface area contributed by atoms with Crippen molar-refractivity contribution in [2.75, 3.05) is 13.7 Å². The number of amides is 1. The molecule has 2 aromatic heterocycles. The summed E-state index contributed by atoms with van der Waals surface area (Å²) in [6, 6.07) is 4.61. The standard InChI is InChI=1S/C18H19N5O5/c1-27-12-5-4-9(7-11(12)24)16-20-13(15(19)25)14-17(22-16)23(18(26)21-14)8-10-3-2-6-28-10/h4-5,7,10,24H,2-3,6,8H2,1H3,(H2,19,25)(H,21,26). The summed E-state index contributed by atoms with van der Waals surface area (Å²) in [5.74, 6) is -0.455. The molecule has 4 N–H and O–H groups in total. The number of carbonyl (C=O) groups is 1. The molecule has 0 saturated carbocycles. The highest BCUT2D eigenvalue weighted by atomic mass is 16.5. The van der Waals surface area contributed by atoms with E-state index in [-0.39, 0.29) is 40.3 Å². The smallest absolute Gasteiger partial charge is 0.327 e. The van der Waals surface area contributed by atoms with Crippen molar-refractivity contribution < 1.29 is 19.4 Å². The minimum Gasteiger partial charge on any atom is -0.504 e. The van der Waals surface area contributed by atoms with Crippen molar-refractivity contribution in [2.45, 2.75) is 25.5 Å². The van der Waals surface area contributed by atoms with E-state index in [0.717, 1.165) is 12.8 Å². The number of carbonyl (C=O) groups excluding carboxylic acids is 1. The Balaban J connectivity index is 1.89. The average Bonchev–Trinajstić information content (AvgIpc) is 3.29. The highest BCUT2D eigenvalue weighted by molar-refractivity contribution is 6.01. The lowest BCUT2D eigenvalue weighted by molar-refractivity contribution is 0.0970. The predicted molar refractivity (Wildman–Crippen MR) is 99.3 cm³/mol. The van der Waals surface area contributed by atoms with Crippen LogP contribution in [0.2, 0.25) is 0 Å². The van der Waals surface area contributed by atoms with Crippen LogP contribution in [0.5, 0.6) is 11.5 Å². The van der Waals surface area contributed by atoms with E-state index in [9.17, 15) is 14.7 Å². The van der Waals surface area contributed by atoms with E-state index in [1.165, 1.54) is 17.7 Å². The molecule has 1 aliphatic heterocycles. The van der Waals surface area contributed by atoms with E-state index in [4.69, 9.17) is 15.2 Å². The van der Waals surface area contributed by atoms with Crippen molar-refractivity contribution in [3.8, 4) is 22.9 Å². The lowest BCUT2D eigenvalue weighted by Gasteiger charge is -2.11. The summed E-state index contributed by atoms with van der Waals surface area (Å²) in [5, 5.41) is 10.0. The molecule has 1 aromatic carbocycles. The third-order valence-corrected chi connectivity index (χ3v) is 4.70. The van der Waals surface area contributed by atoms with Crippen LogP contribution in [0, 0.1) is 0 Å². The Labute approximate surface area is 158 Å². The van der Waals surface area contributed by atoms with Crippen molar-refractivity contribution >= 4 is 17.1 Å². The van der Waals surface area contributed by atoms with Crippen molar-refractivity contribution in [3.63, 3.8) is 0 Å². The van der Waals surface area contributed by atoms with Crippen LogP contribution in [0.25, 0.3) is 22.6 Å². The molecule has 28 heavy (non-hydrogen) atoms. The van der Waals surface area contributed by atoms with E-state index in [0.29, 0.717) is 18.7 Å². The van der Waals surface area contributed by atoms with E-state index in [1.807, 2.05) is 0 Å². The number of phenols is 1. The van der Waals surface area contributed by atoms with Gasteiger partial charge >= 0.3 is 5.69 Å². The maximum Gasteiger partial charge on any atom is 0.327 e. The third-order valence-electron chi connectivity index (χ3n) is 4.70. The Bertz CT molecular complexity index is 1110. The van der Waals surface area contributed by atoms with Gasteiger partial charge < -0.3 is 25.3 Å². The number of nitrogens with two attached hydrogens (primary N) is 1. The number of hydrogen-bond acceptors (Lipinski definition) is 7. The molecule has 1 saturated heterocycles. The summed E-state index contributed by atoms with van der Waals surface area (Å²) in [7, 11) is 1.44. The number of imidazole rings is 1. The van der Waals surface area contributed by atoms with Crippen molar-refractivity contribution in [1.82, 2.24) is 19.5 Å². The predicted octanol–water partition coefficient (Wildman–Crippen LogP) is 0.779. The van der Waals surface area contributed by atoms with Gasteiger partial charge in [0.05, 0.1) is 19.8 Å². The van der Waals surface area contributed by atoms with Gasteiger partial charge in [0.1, 0.15) is 5.52 Å². The van der Waals surface area contributed by atoms with Crippen molar-refractivity contribution in [1.29, 1.82) is 0 Å². The molecule has 1 fully saturated rings. The number of H-pyrrole nitrogens is 1. The quantitative estimate of drug-likeness (QED) is 0.588. The van der Waals surface area contributed by atoms with E-state index >= 15 is 0 Å². The van der Waals surface area contributed by atoms with Crippen LogP contribution >= 0.6 is 0 Å². The summed E-state index contributed by atoms with van der Waals surface area (Å²) in [6.45, 7) is 0.959. The first-order valence-electron chi connectivity index (χ1n) is 8.77. The second-order valence-corrected chi connectivity index (χ2v) is 6.52. The van der Waals surface area contributed by atoms with Gasteiger partial charge in [-0.15, -0.1) is 0 Å². The molecule has 1 amide bonds. The Morgan fingerprint density at radius 3 is 2.93 bits per heavy atom. The molecule has 4 rings (SSSR count). The molecule has 146 valence electrons. The number of aromatic amines is 1. The van der Waals surface area contributed by atoms with Gasteiger partial charge in [-0.25, -0.2) is 14.8 Å². The Hall–Kier alpha value is -3.40. The van der Waals surface area contributed by atoms with Gasteiger partial charge in [0.15, 0.2) is 28.7 Å². The molecule has 0 radical (unpaired) electrons. The highest BCUT2D eigenvalue weighted by Crippen LogP contribution is 2.30. The van der Waals surface area contributed by atoms with Gasteiger partial charge in [-0.1, -0.05) is 0 Å². The number of benzene rings is 1. The molecular formula is C18H19N5O5. The summed E-state index contributed by atoms with van der Waals surface area (Å²) < 4.78 is 12.1. The lowest BCUT2D eigenvalue weighted by atomic mass is 10.2. The number of phenolic OH excluding ortho intramolecular Hbond substituents is 1. The van der Waals surface area contributed by atoms with E-state index in [1.54, 1.807) is 12.1 Å². The monoisotopic (exact) mass is 385 g/mol. The number of rotatable bonds is 5. The largest absolute Gasteiger partial charge is 0.504 e. The van der Waals surface area contributed by atoms with Gasteiger partial charge in [-0.05, 0) is 31.0 Å². The minimum atomic E-state index is -0.795. The van der Waals surface area contributed by atoms with Gasteiger partial charge in [0.2, 0.25) is 0 Å². The lowest BCUT2D eigenvalue weighted by Crippen LogP contribution is -2.24. The molecule has 1 aliphatic rings. The van der Waals surface area contributed by atoms with E-state index in [2.05, 4.69) is 15.0 Å².